The number of hydrogen-bond acceptors (Lipinski definition) is 4. The molecule has 0 saturated heterocycles. The Kier molecular flexibility index (Phi) is 4.70. The summed E-state index contributed by atoms with van der Waals surface area (Å²) in [6.45, 7) is 6.06. The number of hydrogen-bond donors (Lipinski definition) is 2. The highest BCUT2D eigenvalue weighted by atomic mass is 16.5. The van der Waals surface area contributed by atoms with Crippen molar-refractivity contribution in [3.8, 4) is 5.75 Å². The van der Waals surface area contributed by atoms with E-state index in [0.29, 0.717) is 6.54 Å². The number of aryl methyl sites for hydroxylation is 3. The van der Waals surface area contributed by atoms with E-state index >= 15 is 0 Å². The zero-order valence-electron chi connectivity index (χ0n) is 13.0. The molecule has 0 aliphatic heterocycles. The number of aliphatic hydroxyl groups excluding tert-OH is 1. The minimum Gasteiger partial charge on any atom is -0.496 e. The van der Waals surface area contributed by atoms with Gasteiger partial charge in [-0.2, -0.15) is 0 Å². The van der Waals surface area contributed by atoms with E-state index in [1.54, 1.807) is 7.11 Å². The zero-order chi connectivity index (χ0) is 15.6. The smallest absolute Gasteiger partial charge is 0.122 e. The van der Waals surface area contributed by atoms with Crippen LogP contribution in [0.2, 0.25) is 0 Å². The van der Waals surface area contributed by atoms with E-state index in [1.165, 1.54) is 0 Å². The van der Waals surface area contributed by atoms with Crippen molar-refractivity contribution in [1.82, 2.24) is 0 Å². The fraction of sp³-hybridized carbons (Fsp3) is 0.412. The highest BCUT2D eigenvalue weighted by Gasteiger charge is 2.27. The molecule has 0 saturated carbocycles. The SMILES string of the molecule is COc1ccc(C)cc1C(CN)C(O)c1cc(C)oc1C. The molecule has 2 aromatic rings. The Morgan fingerprint density at radius 1 is 1.19 bits per heavy atom. The maximum Gasteiger partial charge on any atom is 0.122 e. The first-order valence-electron chi connectivity index (χ1n) is 7.07. The Hall–Kier alpha value is -1.78. The van der Waals surface area contributed by atoms with Crippen LogP contribution >= 0.6 is 0 Å². The Bertz CT molecular complexity index is 618. The van der Waals surface area contributed by atoms with E-state index < -0.39 is 6.10 Å². The quantitative estimate of drug-likeness (QED) is 0.888. The van der Waals surface area contributed by atoms with Crippen molar-refractivity contribution in [2.75, 3.05) is 13.7 Å². The fourth-order valence-corrected chi connectivity index (χ4v) is 2.73. The number of aliphatic hydroxyl groups is 1. The number of methoxy groups -OCH3 is 1. The Labute approximate surface area is 125 Å². The Balaban J connectivity index is 2.44. The molecule has 4 nitrogen and oxygen atoms in total. The second-order valence-corrected chi connectivity index (χ2v) is 5.40. The molecule has 114 valence electrons. The first-order valence-corrected chi connectivity index (χ1v) is 7.07. The average Bonchev–Trinajstić information content (AvgIpc) is 2.78. The number of nitrogens with two attached hydrogens (primary N) is 1. The lowest BCUT2D eigenvalue weighted by atomic mass is 9.88. The van der Waals surface area contributed by atoms with E-state index in [9.17, 15) is 5.11 Å². The van der Waals surface area contributed by atoms with E-state index in [-0.39, 0.29) is 5.92 Å². The molecular weight excluding hydrogens is 266 g/mol. The van der Waals surface area contributed by atoms with Gasteiger partial charge in [-0.25, -0.2) is 0 Å². The van der Waals surface area contributed by atoms with E-state index in [0.717, 1.165) is 34.0 Å². The fourth-order valence-electron chi connectivity index (χ4n) is 2.73. The van der Waals surface area contributed by atoms with Gasteiger partial charge in [-0.3, -0.25) is 0 Å². The number of furan rings is 1. The summed E-state index contributed by atoms with van der Waals surface area (Å²) in [5, 5.41) is 10.7. The topological polar surface area (TPSA) is 68.6 Å². The molecule has 0 amide bonds. The molecular formula is C17H23NO3. The van der Waals surface area contributed by atoms with Crippen LogP contribution in [0.3, 0.4) is 0 Å². The molecule has 1 aromatic carbocycles. The van der Waals surface area contributed by atoms with Gasteiger partial charge in [0.2, 0.25) is 0 Å². The lowest BCUT2D eigenvalue weighted by molar-refractivity contribution is 0.144. The standard InChI is InChI=1S/C17H23NO3/c1-10-5-6-16(20-4)14(7-10)15(9-18)17(19)13-8-11(2)21-12(13)3/h5-8,15,17,19H,9,18H2,1-4H3. The van der Waals surface area contributed by atoms with Crippen LogP contribution < -0.4 is 10.5 Å². The summed E-state index contributed by atoms with van der Waals surface area (Å²) in [5.41, 5.74) is 8.74. The predicted octanol–water partition coefficient (Wildman–Crippen LogP) is 2.99. The molecule has 1 aromatic heterocycles. The van der Waals surface area contributed by atoms with Crippen LogP contribution in [0.4, 0.5) is 0 Å². The van der Waals surface area contributed by atoms with Gasteiger partial charge in [-0.1, -0.05) is 17.7 Å². The molecule has 0 radical (unpaired) electrons. The highest BCUT2D eigenvalue weighted by Crippen LogP contribution is 2.37. The molecule has 2 rings (SSSR count). The van der Waals surface area contributed by atoms with Crippen LogP contribution in [-0.2, 0) is 0 Å². The molecule has 2 atom stereocenters. The van der Waals surface area contributed by atoms with Crippen molar-refractivity contribution < 1.29 is 14.3 Å². The van der Waals surface area contributed by atoms with Gasteiger partial charge in [0.15, 0.2) is 0 Å². The van der Waals surface area contributed by atoms with Crippen molar-refractivity contribution in [3.63, 3.8) is 0 Å². The third-order valence-corrected chi connectivity index (χ3v) is 3.82. The minimum atomic E-state index is -0.719. The van der Waals surface area contributed by atoms with Crippen LogP contribution in [0.15, 0.2) is 28.7 Å². The minimum absolute atomic E-state index is 0.240. The summed E-state index contributed by atoms with van der Waals surface area (Å²) in [6, 6.07) is 7.77. The largest absolute Gasteiger partial charge is 0.496 e. The van der Waals surface area contributed by atoms with Crippen molar-refractivity contribution in [3.05, 3.63) is 52.5 Å². The van der Waals surface area contributed by atoms with Crippen LogP contribution in [0.25, 0.3) is 0 Å². The first-order chi connectivity index (χ1) is 9.97. The van der Waals surface area contributed by atoms with Crippen LogP contribution in [0.1, 0.15) is 40.2 Å². The van der Waals surface area contributed by atoms with Crippen molar-refractivity contribution in [1.29, 1.82) is 0 Å². The number of ether oxygens (including phenoxy) is 1. The van der Waals surface area contributed by atoms with Crippen LogP contribution in [0.5, 0.6) is 5.75 Å². The lowest BCUT2D eigenvalue weighted by Crippen LogP contribution is -2.21. The van der Waals surface area contributed by atoms with Crippen molar-refractivity contribution >= 4 is 0 Å². The number of benzene rings is 1. The van der Waals surface area contributed by atoms with Gasteiger partial charge < -0.3 is 20.0 Å². The molecule has 3 N–H and O–H groups in total. The van der Waals surface area contributed by atoms with E-state index in [1.807, 2.05) is 45.0 Å². The van der Waals surface area contributed by atoms with Gasteiger partial charge >= 0.3 is 0 Å². The van der Waals surface area contributed by atoms with Crippen LogP contribution in [-0.4, -0.2) is 18.8 Å². The monoisotopic (exact) mass is 289 g/mol. The molecule has 0 bridgehead atoms. The Morgan fingerprint density at radius 2 is 1.90 bits per heavy atom. The van der Waals surface area contributed by atoms with E-state index in [2.05, 4.69) is 0 Å². The summed E-state index contributed by atoms with van der Waals surface area (Å²) in [7, 11) is 1.63. The third kappa shape index (κ3) is 3.12. The maximum absolute atomic E-state index is 10.7. The molecule has 1 heterocycles. The molecule has 21 heavy (non-hydrogen) atoms. The zero-order valence-corrected chi connectivity index (χ0v) is 13.0. The van der Waals surface area contributed by atoms with Crippen LogP contribution in [0, 0.1) is 20.8 Å². The lowest BCUT2D eigenvalue weighted by Gasteiger charge is -2.24. The molecule has 0 aliphatic rings. The summed E-state index contributed by atoms with van der Waals surface area (Å²) in [4.78, 5) is 0. The summed E-state index contributed by atoms with van der Waals surface area (Å²) < 4.78 is 10.9. The van der Waals surface area contributed by atoms with Gasteiger partial charge in [0.1, 0.15) is 17.3 Å². The second-order valence-electron chi connectivity index (χ2n) is 5.40. The normalized spacial score (nSPS) is 14.0. The molecule has 4 heteroatoms. The maximum atomic E-state index is 10.7. The van der Waals surface area contributed by atoms with Gasteiger partial charge in [-0.15, -0.1) is 0 Å². The predicted molar refractivity (Wildman–Crippen MR) is 82.7 cm³/mol. The molecule has 0 aliphatic carbocycles. The first kappa shape index (κ1) is 15.6. The van der Waals surface area contributed by atoms with Crippen molar-refractivity contribution in [2.45, 2.75) is 32.8 Å². The summed E-state index contributed by atoms with van der Waals surface area (Å²) >= 11 is 0. The molecule has 0 fully saturated rings. The molecule has 0 spiro atoms. The Morgan fingerprint density at radius 3 is 2.43 bits per heavy atom. The highest BCUT2D eigenvalue weighted by molar-refractivity contribution is 5.41. The second kappa shape index (κ2) is 6.33. The van der Waals surface area contributed by atoms with Gasteiger partial charge in [0, 0.05) is 23.6 Å². The van der Waals surface area contributed by atoms with Gasteiger partial charge in [0.25, 0.3) is 0 Å². The number of rotatable bonds is 5. The average molecular weight is 289 g/mol. The van der Waals surface area contributed by atoms with Gasteiger partial charge in [0.05, 0.1) is 13.2 Å². The van der Waals surface area contributed by atoms with E-state index in [4.69, 9.17) is 14.9 Å². The van der Waals surface area contributed by atoms with Gasteiger partial charge in [-0.05, 0) is 32.9 Å². The summed E-state index contributed by atoms with van der Waals surface area (Å²) in [6.07, 6.45) is -0.719. The molecule has 2 unspecified atom stereocenters. The third-order valence-electron chi connectivity index (χ3n) is 3.82. The summed E-state index contributed by atoms with van der Waals surface area (Å²) in [5.74, 6) is 2.02. The van der Waals surface area contributed by atoms with Crippen molar-refractivity contribution in [2.24, 2.45) is 5.73 Å².